The molecular weight excluding hydrogens is 317 g/mol. The molecule has 118 valence electrons. The smallest absolute Gasteiger partial charge is 0.150 e. The molecule has 2 aromatic carbocycles. The molecule has 1 heterocycles. The third-order valence-corrected chi connectivity index (χ3v) is 3.26. The fraction of sp³-hybridized carbons (Fsp3) is 0. The van der Waals surface area contributed by atoms with Gasteiger partial charge in [0, 0.05) is 11.5 Å². The van der Waals surface area contributed by atoms with E-state index in [2.05, 4.69) is 15.3 Å². The number of halogens is 3. The lowest BCUT2D eigenvalue weighted by Crippen LogP contribution is -2.01. The number of anilines is 2. The Bertz CT molecular complexity index is 970. The number of nitrogens with zero attached hydrogens (tertiary/aromatic N) is 3. The van der Waals surface area contributed by atoms with Gasteiger partial charge in [-0.2, -0.15) is 5.26 Å². The van der Waals surface area contributed by atoms with Crippen molar-refractivity contribution in [2.24, 2.45) is 0 Å². The summed E-state index contributed by atoms with van der Waals surface area (Å²) in [6.45, 7) is 0. The average molecular weight is 326 g/mol. The summed E-state index contributed by atoms with van der Waals surface area (Å²) in [6.07, 6.45) is 3.61. The number of aromatic nitrogens is 2. The van der Waals surface area contributed by atoms with E-state index in [0.29, 0.717) is 10.9 Å². The van der Waals surface area contributed by atoms with Crippen molar-refractivity contribution >= 4 is 28.5 Å². The van der Waals surface area contributed by atoms with E-state index in [-0.39, 0.29) is 11.4 Å². The minimum absolute atomic E-state index is 0.0811. The van der Waals surface area contributed by atoms with E-state index in [4.69, 9.17) is 5.26 Å². The van der Waals surface area contributed by atoms with E-state index in [1.807, 2.05) is 0 Å². The second kappa shape index (κ2) is 6.38. The molecule has 24 heavy (non-hydrogen) atoms. The van der Waals surface area contributed by atoms with Gasteiger partial charge in [0.05, 0.1) is 11.6 Å². The molecule has 0 aliphatic carbocycles. The molecule has 7 heteroatoms. The fourth-order valence-electron chi connectivity index (χ4n) is 2.19. The topological polar surface area (TPSA) is 61.6 Å². The van der Waals surface area contributed by atoms with E-state index in [1.165, 1.54) is 30.6 Å². The van der Waals surface area contributed by atoms with E-state index in [0.717, 1.165) is 18.2 Å². The summed E-state index contributed by atoms with van der Waals surface area (Å²) in [5.74, 6) is -2.16. The van der Waals surface area contributed by atoms with Gasteiger partial charge in [0.15, 0.2) is 0 Å². The van der Waals surface area contributed by atoms with Gasteiger partial charge >= 0.3 is 0 Å². The van der Waals surface area contributed by atoms with Crippen LogP contribution in [-0.4, -0.2) is 9.97 Å². The van der Waals surface area contributed by atoms with E-state index in [1.54, 1.807) is 6.07 Å². The van der Waals surface area contributed by atoms with Gasteiger partial charge in [0.2, 0.25) is 0 Å². The van der Waals surface area contributed by atoms with Gasteiger partial charge in [-0.25, -0.2) is 23.1 Å². The number of fused-ring (bicyclic) bond motifs is 1. The Balaban J connectivity index is 2.05. The Morgan fingerprint density at radius 2 is 1.79 bits per heavy atom. The van der Waals surface area contributed by atoms with Crippen LogP contribution < -0.4 is 5.32 Å². The maximum atomic E-state index is 14.2. The molecule has 4 nitrogen and oxygen atoms in total. The minimum Gasteiger partial charge on any atom is -0.335 e. The first-order valence-corrected chi connectivity index (χ1v) is 6.81. The standard InChI is InChI=1S/C17H9F3N4/c18-11-3-4-15-12(8-11)17(23-9-22-15)24-16-13(19)6-10(2-1-5-21)7-14(16)20/h1-4,6-9H,(H,22,23,24). The zero-order chi connectivity index (χ0) is 17.1. The molecule has 3 rings (SSSR count). The SMILES string of the molecule is N#CC=Cc1cc(F)c(Nc2ncnc3ccc(F)cc23)c(F)c1. The van der Waals surface area contributed by atoms with Crippen LogP contribution in [0, 0.1) is 28.8 Å². The van der Waals surface area contributed by atoms with E-state index in [9.17, 15) is 13.2 Å². The van der Waals surface area contributed by atoms with Crippen LogP contribution in [0.4, 0.5) is 24.7 Å². The van der Waals surface area contributed by atoms with Gasteiger partial charge in [-0.15, -0.1) is 0 Å². The van der Waals surface area contributed by atoms with Gasteiger partial charge in [0.1, 0.15) is 35.3 Å². The Kier molecular flexibility index (Phi) is 4.12. The molecule has 0 saturated heterocycles. The predicted molar refractivity (Wildman–Crippen MR) is 83.8 cm³/mol. The second-order valence-electron chi connectivity index (χ2n) is 4.83. The summed E-state index contributed by atoms with van der Waals surface area (Å²) in [4.78, 5) is 7.89. The first-order chi connectivity index (χ1) is 11.6. The second-order valence-corrected chi connectivity index (χ2v) is 4.83. The minimum atomic E-state index is -0.865. The number of hydrogen-bond acceptors (Lipinski definition) is 4. The Hall–Kier alpha value is -3.40. The molecule has 1 aromatic heterocycles. The van der Waals surface area contributed by atoms with Crippen LogP contribution >= 0.6 is 0 Å². The number of allylic oxidation sites excluding steroid dienone is 1. The molecule has 0 unspecified atom stereocenters. The van der Waals surface area contributed by atoms with Gasteiger partial charge in [0.25, 0.3) is 0 Å². The van der Waals surface area contributed by atoms with Gasteiger partial charge in [-0.3, -0.25) is 0 Å². The van der Waals surface area contributed by atoms with Crippen LogP contribution in [0.25, 0.3) is 17.0 Å². The number of nitriles is 1. The maximum Gasteiger partial charge on any atom is 0.150 e. The van der Waals surface area contributed by atoms with Crippen molar-refractivity contribution in [2.45, 2.75) is 0 Å². The van der Waals surface area contributed by atoms with E-state index >= 15 is 0 Å². The number of benzene rings is 2. The number of hydrogen-bond donors (Lipinski definition) is 1. The van der Waals surface area contributed by atoms with Crippen molar-refractivity contribution in [1.82, 2.24) is 9.97 Å². The van der Waals surface area contributed by atoms with Crippen molar-refractivity contribution < 1.29 is 13.2 Å². The zero-order valence-electron chi connectivity index (χ0n) is 12.1. The fourth-order valence-corrected chi connectivity index (χ4v) is 2.19. The molecule has 0 aliphatic rings. The van der Waals surface area contributed by atoms with Crippen LogP contribution in [0.15, 0.2) is 42.7 Å². The third kappa shape index (κ3) is 3.03. The van der Waals surface area contributed by atoms with Gasteiger partial charge < -0.3 is 5.32 Å². The summed E-state index contributed by atoms with van der Waals surface area (Å²) in [5.41, 5.74) is 0.215. The van der Waals surface area contributed by atoms with Crippen LogP contribution in [0.5, 0.6) is 0 Å². The highest BCUT2D eigenvalue weighted by molar-refractivity contribution is 5.90. The van der Waals surface area contributed by atoms with Gasteiger partial charge in [-0.1, -0.05) is 0 Å². The Morgan fingerprint density at radius 1 is 1.04 bits per heavy atom. The lowest BCUT2D eigenvalue weighted by Gasteiger charge is -2.11. The highest BCUT2D eigenvalue weighted by Gasteiger charge is 2.13. The monoisotopic (exact) mass is 326 g/mol. The molecule has 0 radical (unpaired) electrons. The van der Waals surface area contributed by atoms with Crippen molar-refractivity contribution in [3.63, 3.8) is 0 Å². The summed E-state index contributed by atoms with van der Waals surface area (Å²) in [7, 11) is 0. The highest BCUT2D eigenvalue weighted by Crippen LogP contribution is 2.28. The largest absolute Gasteiger partial charge is 0.335 e. The van der Waals surface area contributed by atoms with Crippen LogP contribution in [-0.2, 0) is 0 Å². The van der Waals surface area contributed by atoms with Crippen LogP contribution in [0.2, 0.25) is 0 Å². The maximum absolute atomic E-state index is 14.2. The molecule has 0 fully saturated rings. The molecule has 0 amide bonds. The summed E-state index contributed by atoms with van der Waals surface area (Å²) >= 11 is 0. The zero-order valence-corrected chi connectivity index (χ0v) is 12.1. The molecule has 0 bridgehead atoms. The van der Waals surface area contributed by atoms with Crippen molar-refractivity contribution in [3.05, 3.63) is 65.8 Å². The van der Waals surface area contributed by atoms with Crippen LogP contribution in [0.3, 0.4) is 0 Å². The lowest BCUT2D eigenvalue weighted by molar-refractivity contribution is 0.590. The quantitative estimate of drug-likeness (QED) is 0.728. The van der Waals surface area contributed by atoms with E-state index < -0.39 is 23.1 Å². The molecular formula is C17H9F3N4. The van der Waals surface area contributed by atoms with Crippen molar-refractivity contribution in [2.75, 3.05) is 5.32 Å². The summed E-state index contributed by atoms with van der Waals surface area (Å²) < 4.78 is 41.8. The molecule has 0 spiro atoms. The summed E-state index contributed by atoms with van der Waals surface area (Å²) in [5, 5.41) is 11.3. The Morgan fingerprint density at radius 3 is 2.50 bits per heavy atom. The molecule has 0 saturated carbocycles. The lowest BCUT2D eigenvalue weighted by atomic mass is 10.1. The van der Waals surface area contributed by atoms with Crippen LogP contribution in [0.1, 0.15) is 5.56 Å². The molecule has 0 aliphatic heterocycles. The van der Waals surface area contributed by atoms with Crippen molar-refractivity contribution in [1.29, 1.82) is 5.26 Å². The first kappa shape index (κ1) is 15.5. The number of nitrogens with one attached hydrogen (secondary N) is 1. The summed E-state index contributed by atoms with van der Waals surface area (Å²) in [6, 6.07) is 7.74. The highest BCUT2D eigenvalue weighted by atomic mass is 19.1. The van der Waals surface area contributed by atoms with Crippen molar-refractivity contribution in [3.8, 4) is 6.07 Å². The first-order valence-electron chi connectivity index (χ1n) is 6.81. The predicted octanol–water partition coefficient (Wildman–Crippen LogP) is 4.33. The molecule has 0 atom stereocenters. The Labute approximate surface area is 134 Å². The molecule has 1 N–H and O–H groups in total. The average Bonchev–Trinajstić information content (AvgIpc) is 2.56. The third-order valence-electron chi connectivity index (χ3n) is 3.26. The number of rotatable bonds is 3. The van der Waals surface area contributed by atoms with Gasteiger partial charge in [-0.05, 0) is 42.0 Å². The molecule has 3 aromatic rings. The normalized spacial score (nSPS) is 10.9.